The van der Waals surface area contributed by atoms with Crippen molar-refractivity contribution in [2.24, 2.45) is 4.99 Å². The fraction of sp³-hybridized carbons (Fsp3) is 0.286. The molecule has 0 spiro atoms. The van der Waals surface area contributed by atoms with Gasteiger partial charge in [0.2, 0.25) is 5.91 Å². The molecule has 0 fully saturated rings. The van der Waals surface area contributed by atoms with Crippen molar-refractivity contribution < 1.29 is 4.79 Å². The molecule has 4 rings (SSSR count). The Morgan fingerprint density at radius 2 is 1.66 bits per heavy atom. The Bertz CT molecular complexity index is 1090. The highest BCUT2D eigenvalue weighted by molar-refractivity contribution is 5.91. The predicted molar refractivity (Wildman–Crippen MR) is 132 cm³/mol. The van der Waals surface area contributed by atoms with E-state index in [2.05, 4.69) is 77.8 Å². The van der Waals surface area contributed by atoms with Gasteiger partial charge in [0.25, 0.3) is 0 Å². The molecule has 0 aliphatic carbocycles. The van der Waals surface area contributed by atoms with Gasteiger partial charge in [-0.3, -0.25) is 9.79 Å². The first-order valence-electron chi connectivity index (χ1n) is 11.5. The van der Waals surface area contributed by atoms with E-state index in [9.17, 15) is 4.79 Å². The Hall–Kier alpha value is -3.40. The van der Waals surface area contributed by atoms with Crippen LogP contribution in [0, 0.1) is 0 Å². The SMILES string of the molecule is CCC(=O)Nc1ccccc1C1N=C(C)N(CCCc2ccccc2)Cc2ccccc21. The lowest BCUT2D eigenvalue weighted by Gasteiger charge is -2.23. The molecule has 0 saturated heterocycles. The highest BCUT2D eigenvalue weighted by Crippen LogP contribution is 2.36. The summed E-state index contributed by atoms with van der Waals surface area (Å²) in [5, 5.41) is 3.07. The molecule has 1 amide bonds. The molecule has 4 nitrogen and oxygen atoms in total. The van der Waals surface area contributed by atoms with Crippen LogP contribution in [0.1, 0.15) is 55.0 Å². The number of aliphatic imine (C=N–C) groups is 1. The summed E-state index contributed by atoms with van der Waals surface area (Å²) in [5.74, 6) is 1.05. The van der Waals surface area contributed by atoms with E-state index in [1.54, 1.807) is 0 Å². The standard InChI is InChI=1S/C28H31N3O/c1-3-27(32)30-26-18-10-9-17-25(26)28-24-16-8-7-15-23(24)20-31(21(2)29-28)19-11-14-22-12-5-4-6-13-22/h4-10,12-13,15-18,28H,3,11,14,19-20H2,1-2H3,(H,30,32). The van der Waals surface area contributed by atoms with Crippen molar-refractivity contribution >= 4 is 17.4 Å². The first-order chi connectivity index (χ1) is 15.7. The van der Waals surface area contributed by atoms with Crippen LogP contribution in [0.3, 0.4) is 0 Å². The van der Waals surface area contributed by atoms with E-state index in [1.807, 2.05) is 25.1 Å². The van der Waals surface area contributed by atoms with Gasteiger partial charge in [-0.15, -0.1) is 0 Å². The van der Waals surface area contributed by atoms with Gasteiger partial charge in [-0.2, -0.15) is 0 Å². The third-order valence-electron chi connectivity index (χ3n) is 6.07. The largest absolute Gasteiger partial charge is 0.356 e. The van der Waals surface area contributed by atoms with E-state index >= 15 is 0 Å². The summed E-state index contributed by atoms with van der Waals surface area (Å²) in [5.41, 5.74) is 5.74. The summed E-state index contributed by atoms with van der Waals surface area (Å²) >= 11 is 0. The van der Waals surface area contributed by atoms with E-state index in [-0.39, 0.29) is 11.9 Å². The molecule has 32 heavy (non-hydrogen) atoms. The van der Waals surface area contributed by atoms with Crippen LogP contribution in [-0.2, 0) is 17.8 Å². The van der Waals surface area contributed by atoms with Gasteiger partial charge in [-0.1, -0.05) is 79.7 Å². The molecule has 1 unspecified atom stereocenters. The third-order valence-corrected chi connectivity index (χ3v) is 6.07. The average Bonchev–Trinajstić information content (AvgIpc) is 2.96. The number of carbonyl (C=O) groups is 1. The molecule has 164 valence electrons. The Labute approximate surface area is 191 Å². The van der Waals surface area contributed by atoms with Crippen molar-refractivity contribution in [2.75, 3.05) is 11.9 Å². The zero-order valence-electron chi connectivity index (χ0n) is 18.9. The number of nitrogens with zero attached hydrogens (tertiary/aromatic N) is 2. The number of carbonyl (C=O) groups excluding carboxylic acids is 1. The molecule has 0 aromatic heterocycles. The van der Waals surface area contributed by atoms with E-state index in [0.717, 1.165) is 43.0 Å². The number of aryl methyl sites for hydroxylation is 1. The fourth-order valence-corrected chi connectivity index (χ4v) is 4.29. The second-order valence-electron chi connectivity index (χ2n) is 8.28. The number of amides is 1. The van der Waals surface area contributed by atoms with Crippen LogP contribution in [0.15, 0.2) is 83.9 Å². The smallest absolute Gasteiger partial charge is 0.224 e. The Kier molecular flexibility index (Phi) is 7.00. The van der Waals surface area contributed by atoms with Gasteiger partial charge >= 0.3 is 0 Å². The minimum atomic E-state index is -0.140. The van der Waals surface area contributed by atoms with Gasteiger partial charge in [-0.05, 0) is 42.5 Å². The number of amidine groups is 1. The first-order valence-corrected chi connectivity index (χ1v) is 11.5. The molecule has 1 aliphatic rings. The van der Waals surface area contributed by atoms with Crippen LogP contribution in [0.5, 0.6) is 0 Å². The third kappa shape index (κ3) is 5.08. The van der Waals surface area contributed by atoms with Crippen LogP contribution in [0.4, 0.5) is 5.69 Å². The number of benzene rings is 3. The molecule has 0 bridgehead atoms. The quantitative estimate of drug-likeness (QED) is 0.505. The second kappa shape index (κ2) is 10.3. The Balaban J connectivity index is 1.62. The van der Waals surface area contributed by atoms with Gasteiger partial charge in [0.1, 0.15) is 6.04 Å². The minimum Gasteiger partial charge on any atom is -0.356 e. The van der Waals surface area contributed by atoms with E-state index in [4.69, 9.17) is 4.99 Å². The van der Waals surface area contributed by atoms with Gasteiger partial charge in [0.05, 0.1) is 5.84 Å². The molecular formula is C28H31N3O. The fourth-order valence-electron chi connectivity index (χ4n) is 4.29. The molecule has 3 aromatic rings. The summed E-state index contributed by atoms with van der Waals surface area (Å²) in [6, 6.07) is 27.1. The molecule has 1 N–H and O–H groups in total. The van der Waals surface area contributed by atoms with E-state index < -0.39 is 0 Å². The van der Waals surface area contributed by atoms with Crippen LogP contribution in [-0.4, -0.2) is 23.2 Å². The van der Waals surface area contributed by atoms with E-state index in [1.165, 1.54) is 16.7 Å². The topological polar surface area (TPSA) is 44.7 Å². The van der Waals surface area contributed by atoms with Gasteiger partial charge in [-0.25, -0.2) is 0 Å². The van der Waals surface area contributed by atoms with Crippen molar-refractivity contribution in [3.8, 4) is 0 Å². The predicted octanol–water partition coefficient (Wildman–Crippen LogP) is 5.99. The van der Waals surface area contributed by atoms with Gasteiger partial charge in [0, 0.05) is 30.8 Å². The highest BCUT2D eigenvalue weighted by atomic mass is 16.1. The van der Waals surface area contributed by atoms with Gasteiger partial charge < -0.3 is 10.2 Å². The van der Waals surface area contributed by atoms with Gasteiger partial charge in [0.15, 0.2) is 0 Å². The lowest BCUT2D eigenvalue weighted by Crippen LogP contribution is -2.29. The summed E-state index contributed by atoms with van der Waals surface area (Å²) in [4.78, 5) is 19.7. The molecule has 1 heterocycles. The van der Waals surface area contributed by atoms with Crippen molar-refractivity contribution in [1.29, 1.82) is 0 Å². The summed E-state index contributed by atoms with van der Waals surface area (Å²) in [7, 11) is 0. The summed E-state index contributed by atoms with van der Waals surface area (Å²) in [6.07, 6.45) is 2.58. The Morgan fingerprint density at radius 3 is 2.44 bits per heavy atom. The molecule has 3 aromatic carbocycles. The van der Waals surface area contributed by atoms with Crippen LogP contribution >= 0.6 is 0 Å². The first kappa shape index (κ1) is 21.8. The number of nitrogens with one attached hydrogen (secondary N) is 1. The highest BCUT2D eigenvalue weighted by Gasteiger charge is 2.25. The summed E-state index contributed by atoms with van der Waals surface area (Å²) in [6.45, 7) is 5.78. The average molecular weight is 426 g/mol. The molecule has 1 aliphatic heterocycles. The number of fused-ring (bicyclic) bond motifs is 1. The van der Waals surface area contributed by atoms with Crippen LogP contribution in [0.2, 0.25) is 0 Å². The van der Waals surface area contributed by atoms with E-state index in [0.29, 0.717) is 6.42 Å². The maximum absolute atomic E-state index is 12.1. The monoisotopic (exact) mass is 425 g/mol. The van der Waals surface area contributed by atoms with Crippen LogP contribution < -0.4 is 5.32 Å². The normalized spacial score (nSPS) is 15.5. The second-order valence-corrected chi connectivity index (χ2v) is 8.28. The molecule has 0 radical (unpaired) electrons. The maximum atomic E-state index is 12.1. The molecule has 1 atom stereocenters. The van der Waals surface area contributed by atoms with Crippen molar-refractivity contribution in [3.63, 3.8) is 0 Å². The summed E-state index contributed by atoms with van der Waals surface area (Å²) < 4.78 is 0. The molecule has 0 saturated carbocycles. The van der Waals surface area contributed by atoms with Crippen molar-refractivity contribution in [2.45, 2.75) is 45.7 Å². The van der Waals surface area contributed by atoms with Crippen molar-refractivity contribution in [3.05, 3.63) is 101 Å². The molecule has 4 heteroatoms. The minimum absolute atomic E-state index is 0.0163. The van der Waals surface area contributed by atoms with Crippen molar-refractivity contribution in [1.82, 2.24) is 4.90 Å². The lowest BCUT2D eigenvalue weighted by atomic mass is 9.93. The number of hydrogen-bond acceptors (Lipinski definition) is 3. The maximum Gasteiger partial charge on any atom is 0.224 e. The number of rotatable bonds is 7. The number of anilines is 1. The zero-order valence-corrected chi connectivity index (χ0v) is 18.9. The zero-order chi connectivity index (χ0) is 22.3. The number of hydrogen-bond donors (Lipinski definition) is 1. The Morgan fingerprint density at radius 1 is 0.969 bits per heavy atom. The lowest BCUT2D eigenvalue weighted by molar-refractivity contribution is -0.115. The molecular weight excluding hydrogens is 394 g/mol. The number of para-hydroxylation sites is 1. The van der Waals surface area contributed by atoms with Crippen LogP contribution in [0.25, 0.3) is 0 Å².